The van der Waals surface area contributed by atoms with Crippen LogP contribution in [-0.4, -0.2) is 37.4 Å². The number of benzene rings is 2. The van der Waals surface area contributed by atoms with Crippen LogP contribution in [0.4, 0.5) is 0 Å². The van der Waals surface area contributed by atoms with Gasteiger partial charge < -0.3 is 18.9 Å². The Morgan fingerprint density at radius 2 is 1.00 bits per heavy atom. The van der Waals surface area contributed by atoms with Gasteiger partial charge >= 0.3 is 11.9 Å². The van der Waals surface area contributed by atoms with E-state index in [9.17, 15) is 9.59 Å². The fraction of sp³-hybridized carbons (Fsp3) is 0.588. The van der Waals surface area contributed by atoms with Crippen LogP contribution >= 0.6 is 0 Å². The normalized spacial score (nSPS) is 12.4. The molecule has 222 valence electrons. The fourth-order valence-corrected chi connectivity index (χ4v) is 4.23. The van der Waals surface area contributed by atoms with Crippen LogP contribution in [0, 0.1) is 0 Å². The van der Waals surface area contributed by atoms with E-state index < -0.39 is 24.1 Å². The van der Waals surface area contributed by atoms with Gasteiger partial charge in [0, 0.05) is 0 Å². The molecule has 0 aliphatic rings. The smallest absolute Gasteiger partial charge is 0.342 e. The lowest BCUT2D eigenvalue weighted by Crippen LogP contribution is -2.31. The number of carbonyl (C=O) groups is 2. The SMILES string of the molecule is CCCCCCOc1cc(CC)ccc1C(=O)OC(C)C(C)OC(=O)c1ccc(CC)cc1OCCCCCC. The van der Waals surface area contributed by atoms with E-state index in [1.165, 1.54) is 0 Å². The van der Waals surface area contributed by atoms with Crippen LogP contribution in [0.2, 0.25) is 0 Å². The number of hydrogen-bond acceptors (Lipinski definition) is 6. The number of carbonyl (C=O) groups excluding carboxylic acids is 2. The van der Waals surface area contributed by atoms with Crippen LogP contribution < -0.4 is 9.47 Å². The van der Waals surface area contributed by atoms with Gasteiger partial charge in [0.25, 0.3) is 0 Å². The summed E-state index contributed by atoms with van der Waals surface area (Å²) in [5.41, 5.74) is 2.94. The van der Waals surface area contributed by atoms with Gasteiger partial charge in [-0.2, -0.15) is 0 Å². The van der Waals surface area contributed by atoms with E-state index in [-0.39, 0.29) is 0 Å². The predicted molar refractivity (Wildman–Crippen MR) is 161 cm³/mol. The topological polar surface area (TPSA) is 71.1 Å². The molecule has 2 unspecified atom stereocenters. The van der Waals surface area contributed by atoms with Gasteiger partial charge in [0.1, 0.15) is 34.8 Å². The third-order valence-corrected chi connectivity index (χ3v) is 7.11. The van der Waals surface area contributed by atoms with Crippen molar-refractivity contribution in [3.63, 3.8) is 0 Å². The van der Waals surface area contributed by atoms with Crippen LogP contribution in [0.15, 0.2) is 36.4 Å². The molecule has 0 radical (unpaired) electrons. The summed E-state index contributed by atoms with van der Waals surface area (Å²) in [5, 5.41) is 0. The van der Waals surface area contributed by atoms with Crippen molar-refractivity contribution in [1.29, 1.82) is 0 Å². The predicted octanol–water partition coefficient (Wildman–Crippen LogP) is 8.52. The zero-order chi connectivity index (χ0) is 29.3. The Bertz CT molecular complexity index is 963. The quantitative estimate of drug-likeness (QED) is 0.128. The average Bonchev–Trinajstić information content (AvgIpc) is 2.96. The van der Waals surface area contributed by atoms with Crippen molar-refractivity contribution in [2.24, 2.45) is 0 Å². The number of unbranched alkanes of at least 4 members (excludes halogenated alkanes) is 6. The maximum Gasteiger partial charge on any atom is 0.342 e. The summed E-state index contributed by atoms with van der Waals surface area (Å²) < 4.78 is 23.5. The number of hydrogen-bond donors (Lipinski definition) is 0. The third-order valence-electron chi connectivity index (χ3n) is 7.11. The monoisotopic (exact) mass is 554 g/mol. The molecule has 2 aromatic rings. The van der Waals surface area contributed by atoms with Crippen LogP contribution in [0.1, 0.15) is 125 Å². The molecule has 2 rings (SSSR count). The van der Waals surface area contributed by atoms with Crippen molar-refractivity contribution in [1.82, 2.24) is 0 Å². The first-order chi connectivity index (χ1) is 19.3. The van der Waals surface area contributed by atoms with Crippen molar-refractivity contribution < 1.29 is 28.5 Å². The van der Waals surface area contributed by atoms with Gasteiger partial charge in [-0.3, -0.25) is 0 Å². The van der Waals surface area contributed by atoms with E-state index in [1.54, 1.807) is 26.0 Å². The largest absolute Gasteiger partial charge is 0.493 e. The van der Waals surface area contributed by atoms with Crippen molar-refractivity contribution in [3.05, 3.63) is 58.7 Å². The van der Waals surface area contributed by atoms with Gasteiger partial charge in [-0.15, -0.1) is 0 Å². The zero-order valence-electron chi connectivity index (χ0n) is 25.6. The van der Waals surface area contributed by atoms with Crippen molar-refractivity contribution in [2.45, 2.75) is 118 Å². The molecule has 6 heteroatoms. The second-order valence-electron chi connectivity index (χ2n) is 10.4. The molecule has 2 atom stereocenters. The first-order valence-corrected chi connectivity index (χ1v) is 15.3. The summed E-state index contributed by atoms with van der Waals surface area (Å²) in [4.78, 5) is 26.3. The van der Waals surface area contributed by atoms with Crippen molar-refractivity contribution in [2.75, 3.05) is 13.2 Å². The lowest BCUT2D eigenvalue weighted by Gasteiger charge is -2.22. The van der Waals surface area contributed by atoms with Crippen molar-refractivity contribution in [3.8, 4) is 11.5 Å². The highest BCUT2D eigenvalue weighted by atomic mass is 16.6. The molecular weight excluding hydrogens is 504 g/mol. The molecule has 0 heterocycles. The molecule has 0 N–H and O–H groups in total. The summed E-state index contributed by atoms with van der Waals surface area (Å²) in [6, 6.07) is 11.2. The minimum Gasteiger partial charge on any atom is -0.493 e. The number of esters is 2. The maximum atomic E-state index is 13.1. The van der Waals surface area contributed by atoms with E-state index in [2.05, 4.69) is 27.7 Å². The van der Waals surface area contributed by atoms with Crippen LogP contribution in [0.25, 0.3) is 0 Å². The molecule has 40 heavy (non-hydrogen) atoms. The summed E-state index contributed by atoms with van der Waals surface area (Å²) >= 11 is 0. The molecule has 0 amide bonds. The molecule has 0 spiro atoms. The second-order valence-corrected chi connectivity index (χ2v) is 10.4. The first kappa shape index (κ1) is 33.2. The molecule has 0 aliphatic carbocycles. The van der Waals surface area contributed by atoms with E-state index in [0.29, 0.717) is 35.8 Å². The van der Waals surface area contributed by atoms with E-state index in [1.807, 2.05) is 24.3 Å². The van der Waals surface area contributed by atoms with Crippen LogP contribution in [0.5, 0.6) is 11.5 Å². The first-order valence-electron chi connectivity index (χ1n) is 15.3. The number of aryl methyl sites for hydroxylation is 2. The Morgan fingerprint density at radius 1 is 0.600 bits per heavy atom. The Morgan fingerprint density at radius 3 is 1.35 bits per heavy atom. The molecule has 6 nitrogen and oxygen atoms in total. The van der Waals surface area contributed by atoms with E-state index >= 15 is 0 Å². The Labute approximate surface area is 241 Å². The lowest BCUT2D eigenvalue weighted by molar-refractivity contribution is -0.0243. The van der Waals surface area contributed by atoms with Crippen molar-refractivity contribution >= 4 is 11.9 Å². The molecule has 2 aromatic carbocycles. The number of rotatable bonds is 19. The average molecular weight is 555 g/mol. The number of ether oxygens (including phenoxy) is 4. The van der Waals surface area contributed by atoms with Gasteiger partial charge in [-0.05, 0) is 74.9 Å². The molecule has 0 aromatic heterocycles. The summed E-state index contributed by atoms with van der Waals surface area (Å²) in [5.74, 6) is 0.0823. The van der Waals surface area contributed by atoms with E-state index in [0.717, 1.165) is 75.3 Å². The molecular formula is C34H50O6. The van der Waals surface area contributed by atoms with Crippen LogP contribution in [-0.2, 0) is 22.3 Å². The minimum absolute atomic E-state index is 0.381. The maximum absolute atomic E-state index is 13.1. The van der Waals surface area contributed by atoms with Gasteiger partial charge in [-0.25, -0.2) is 9.59 Å². The minimum atomic E-state index is -0.659. The Kier molecular flexibility index (Phi) is 15.2. The fourth-order valence-electron chi connectivity index (χ4n) is 4.23. The Hall–Kier alpha value is -3.02. The summed E-state index contributed by atoms with van der Waals surface area (Å²) in [7, 11) is 0. The molecule has 0 aliphatic heterocycles. The highest BCUT2D eigenvalue weighted by Crippen LogP contribution is 2.26. The Balaban J connectivity index is 2.04. The molecule has 0 saturated heterocycles. The van der Waals surface area contributed by atoms with Gasteiger partial charge in [0.2, 0.25) is 0 Å². The summed E-state index contributed by atoms with van der Waals surface area (Å²) in [6.45, 7) is 13.0. The molecule has 0 bridgehead atoms. The van der Waals surface area contributed by atoms with Gasteiger partial charge in [0.15, 0.2) is 0 Å². The molecule has 0 saturated carbocycles. The summed E-state index contributed by atoms with van der Waals surface area (Å²) in [6.07, 6.45) is 9.06. The zero-order valence-corrected chi connectivity index (χ0v) is 25.6. The van der Waals surface area contributed by atoms with Gasteiger partial charge in [0.05, 0.1) is 13.2 Å². The second kappa shape index (κ2) is 18.4. The highest BCUT2D eigenvalue weighted by Gasteiger charge is 2.25. The van der Waals surface area contributed by atoms with Gasteiger partial charge in [-0.1, -0.05) is 78.4 Å². The lowest BCUT2D eigenvalue weighted by atomic mass is 10.1. The van der Waals surface area contributed by atoms with Crippen LogP contribution in [0.3, 0.4) is 0 Å². The molecule has 0 fully saturated rings. The highest BCUT2D eigenvalue weighted by molar-refractivity contribution is 5.93. The standard InChI is InChI=1S/C34H50O6/c1-7-11-13-15-21-37-31-23-27(9-3)17-19-29(31)33(35)39-25(5)26(6)40-34(36)30-20-18-28(10-4)24-32(30)38-22-16-14-12-8-2/h17-20,23-26H,7-16,21-22H2,1-6H3. The van der Waals surface area contributed by atoms with E-state index in [4.69, 9.17) is 18.9 Å². The third kappa shape index (κ3) is 10.9.